The third-order valence-corrected chi connectivity index (χ3v) is 4.08. The van der Waals surface area contributed by atoms with Crippen LogP contribution in [0.5, 0.6) is 0 Å². The summed E-state index contributed by atoms with van der Waals surface area (Å²) in [5.74, 6) is -0.904. The first-order valence-corrected chi connectivity index (χ1v) is 8.34. The quantitative estimate of drug-likeness (QED) is 0.741. The molecule has 6 heteroatoms. The SMILES string of the molecule is CO[C@@H]1C[C@@H](OC(=O)c2ccccc2)[C@H](COC(=O)c2ccccc2)O1. The van der Waals surface area contributed by atoms with Crippen LogP contribution in [-0.2, 0) is 18.9 Å². The summed E-state index contributed by atoms with van der Waals surface area (Å²) in [6.45, 7) is -0.0275. The smallest absolute Gasteiger partial charge is 0.338 e. The van der Waals surface area contributed by atoms with Crippen molar-refractivity contribution >= 4 is 11.9 Å². The van der Waals surface area contributed by atoms with Gasteiger partial charge in [0, 0.05) is 13.5 Å². The Balaban J connectivity index is 1.60. The third-order valence-electron chi connectivity index (χ3n) is 4.08. The molecule has 0 N–H and O–H groups in total. The highest BCUT2D eigenvalue weighted by Gasteiger charge is 2.39. The van der Waals surface area contributed by atoms with Crippen LogP contribution < -0.4 is 0 Å². The summed E-state index contributed by atoms with van der Waals surface area (Å²) in [6, 6.07) is 17.4. The summed E-state index contributed by atoms with van der Waals surface area (Å²) < 4.78 is 21.7. The van der Waals surface area contributed by atoms with Crippen molar-refractivity contribution in [3.05, 3.63) is 71.8 Å². The van der Waals surface area contributed by atoms with Gasteiger partial charge in [0.1, 0.15) is 18.8 Å². The summed E-state index contributed by atoms with van der Waals surface area (Å²) in [7, 11) is 1.51. The van der Waals surface area contributed by atoms with Crippen molar-refractivity contribution in [3.63, 3.8) is 0 Å². The number of hydrogen-bond donors (Lipinski definition) is 0. The molecule has 3 rings (SSSR count). The molecule has 136 valence electrons. The van der Waals surface area contributed by atoms with Crippen molar-refractivity contribution in [1.82, 2.24) is 0 Å². The minimum absolute atomic E-state index is 0.0275. The van der Waals surface area contributed by atoms with Crippen LogP contribution in [0, 0.1) is 0 Å². The van der Waals surface area contributed by atoms with Crippen LogP contribution in [0.15, 0.2) is 60.7 Å². The average molecular weight is 356 g/mol. The maximum absolute atomic E-state index is 12.3. The fourth-order valence-electron chi connectivity index (χ4n) is 2.70. The number of ether oxygens (including phenoxy) is 4. The number of carbonyl (C=O) groups excluding carboxylic acids is 2. The van der Waals surface area contributed by atoms with Gasteiger partial charge in [0.2, 0.25) is 0 Å². The van der Waals surface area contributed by atoms with Crippen LogP contribution in [0.4, 0.5) is 0 Å². The van der Waals surface area contributed by atoms with Crippen LogP contribution in [0.2, 0.25) is 0 Å². The molecule has 1 aliphatic rings. The zero-order valence-corrected chi connectivity index (χ0v) is 14.4. The molecule has 0 aromatic heterocycles. The van der Waals surface area contributed by atoms with Gasteiger partial charge >= 0.3 is 11.9 Å². The van der Waals surface area contributed by atoms with Crippen molar-refractivity contribution in [2.45, 2.75) is 24.9 Å². The molecule has 26 heavy (non-hydrogen) atoms. The molecule has 0 saturated carbocycles. The van der Waals surface area contributed by atoms with E-state index in [9.17, 15) is 9.59 Å². The van der Waals surface area contributed by atoms with E-state index in [4.69, 9.17) is 18.9 Å². The maximum atomic E-state index is 12.3. The van der Waals surface area contributed by atoms with Gasteiger partial charge in [-0.15, -0.1) is 0 Å². The van der Waals surface area contributed by atoms with E-state index in [-0.39, 0.29) is 6.61 Å². The first-order valence-electron chi connectivity index (χ1n) is 8.34. The second kappa shape index (κ2) is 8.60. The Kier molecular flexibility index (Phi) is 5.99. The van der Waals surface area contributed by atoms with Gasteiger partial charge in [-0.3, -0.25) is 0 Å². The molecule has 2 aromatic carbocycles. The Bertz CT molecular complexity index is 730. The molecule has 2 aromatic rings. The second-order valence-electron chi connectivity index (χ2n) is 5.85. The van der Waals surface area contributed by atoms with Crippen LogP contribution in [-0.4, -0.2) is 44.2 Å². The molecule has 0 aliphatic carbocycles. The normalized spacial score (nSPS) is 22.0. The molecule has 6 nitrogen and oxygen atoms in total. The highest BCUT2D eigenvalue weighted by molar-refractivity contribution is 5.90. The lowest BCUT2D eigenvalue weighted by atomic mass is 10.1. The number of methoxy groups -OCH3 is 1. The van der Waals surface area contributed by atoms with Crippen molar-refractivity contribution in [3.8, 4) is 0 Å². The fraction of sp³-hybridized carbons (Fsp3) is 0.300. The Labute approximate surface area is 151 Å². The predicted octanol–water partition coefficient (Wildman–Crippen LogP) is 2.83. The summed E-state index contributed by atoms with van der Waals surface area (Å²) >= 11 is 0. The standard InChI is InChI=1S/C20H20O6/c1-23-18-12-16(26-20(22)15-10-6-3-7-11-15)17(25-18)13-24-19(21)14-8-4-2-5-9-14/h2-11,16-18H,12-13H2,1H3/t16-,17+,18+/m1/s1. The fourth-order valence-corrected chi connectivity index (χ4v) is 2.70. The molecule has 1 aliphatic heterocycles. The van der Waals surface area contributed by atoms with Gasteiger partial charge in [0.15, 0.2) is 6.29 Å². The number of hydrogen-bond acceptors (Lipinski definition) is 6. The van der Waals surface area contributed by atoms with Crippen LogP contribution in [0.3, 0.4) is 0 Å². The van der Waals surface area contributed by atoms with E-state index in [0.717, 1.165) is 0 Å². The number of carbonyl (C=O) groups is 2. The minimum Gasteiger partial charge on any atom is -0.459 e. The lowest BCUT2D eigenvalue weighted by Gasteiger charge is -2.18. The molecule has 3 atom stereocenters. The molecule has 1 heterocycles. The lowest BCUT2D eigenvalue weighted by molar-refractivity contribution is -0.128. The topological polar surface area (TPSA) is 71.1 Å². The summed E-state index contributed by atoms with van der Waals surface area (Å²) in [6.07, 6.45) is -1.27. The Morgan fingerprint density at radius 2 is 1.54 bits per heavy atom. The number of benzene rings is 2. The summed E-state index contributed by atoms with van der Waals surface area (Å²) in [5, 5.41) is 0. The van der Waals surface area contributed by atoms with Crippen molar-refractivity contribution in [2.75, 3.05) is 13.7 Å². The molecule has 0 spiro atoms. The zero-order valence-electron chi connectivity index (χ0n) is 14.4. The minimum atomic E-state index is -0.583. The van der Waals surface area contributed by atoms with Gasteiger partial charge < -0.3 is 18.9 Å². The largest absolute Gasteiger partial charge is 0.459 e. The van der Waals surface area contributed by atoms with Gasteiger partial charge in [0.05, 0.1) is 11.1 Å². The molecule has 1 fully saturated rings. The molecule has 0 amide bonds. The van der Waals surface area contributed by atoms with Gasteiger partial charge in [-0.25, -0.2) is 9.59 Å². The van der Waals surface area contributed by atoms with E-state index >= 15 is 0 Å². The molecule has 0 unspecified atom stereocenters. The third kappa shape index (κ3) is 4.47. The van der Waals surface area contributed by atoms with E-state index < -0.39 is 30.4 Å². The van der Waals surface area contributed by atoms with E-state index in [1.165, 1.54) is 7.11 Å². The van der Waals surface area contributed by atoms with E-state index in [1.54, 1.807) is 48.5 Å². The van der Waals surface area contributed by atoms with Crippen LogP contribution >= 0.6 is 0 Å². The van der Waals surface area contributed by atoms with Crippen molar-refractivity contribution in [1.29, 1.82) is 0 Å². The highest BCUT2D eigenvalue weighted by Crippen LogP contribution is 2.25. The number of esters is 2. The van der Waals surface area contributed by atoms with E-state index in [1.807, 2.05) is 12.1 Å². The maximum Gasteiger partial charge on any atom is 0.338 e. The molecule has 0 radical (unpaired) electrons. The summed E-state index contributed by atoms with van der Waals surface area (Å²) in [4.78, 5) is 24.4. The average Bonchev–Trinajstić information content (AvgIpc) is 3.09. The Morgan fingerprint density at radius 3 is 2.12 bits per heavy atom. The Morgan fingerprint density at radius 1 is 0.962 bits per heavy atom. The zero-order chi connectivity index (χ0) is 18.4. The van der Waals surface area contributed by atoms with Gasteiger partial charge in [-0.05, 0) is 24.3 Å². The number of rotatable bonds is 6. The lowest BCUT2D eigenvalue weighted by Crippen LogP contribution is -2.32. The van der Waals surface area contributed by atoms with Gasteiger partial charge in [-0.2, -0.15) is 0 Å². The van der Waals surface area contributed by atoms with Crippen molar-refractivity contribution in [2.24, 2.45) is 0 Å². The second-order valence-corrected chi connectivity index (χ2v) is 5.85. The van der Waals surface area contributed by atoms with Crippen LogP contribution in [0.25, 0.3) is 0 Å². The van der Waals surface area contributed by atoms with E-state index in [0.29, 0.717) is 17.5 Å². The van der Waals surface area contributed by atoms with Gasteiger partial charge in [-0.1, -0.05) is 36.4 Å². The first kappa shape index (κ1) is 18.1. The highest BCUT2D eigenvalue weighted by atomic mass is 16.7. The van der Waals surface area contributed by atoms with Crippen LogP contribution in [0.1, 0.15) is 27.1 Å². The van der Waals surface area contributed by atoms with Crippen molar-refractivity contribution < 1.29 is 28.5 Å². The molecular formula is C20H20O6. The summed E-state index contributed by atoms with van der Waals surface area (Å²) in [5.41, 5.74) is 0.903. The molecular weight excluding hydrogens is 336 g/mol. The monoisotopic (exact) mass is 356 g/mol. The molecule has 1 saturated heterocycles. The predicted molar refractivity (Wildman–Crippen MR) is 92.7 cm³/mol. The van der Waals surface area contributed by atoms with Gasteiger partial charge in [0.25, 0.3) is 0 Å². The molecule has 0 bridgehead atoms. The first-order chi connectivity index (χ1) is 12.7. The Hall–Kier alpha value is -2.70. The van der Waals surface area contributed by atoms with E-state index in [2.05, 4.69) is 0 Å².